The standard InChI is InChI=1S/C25H30N2O5/c1-16(2)13-21(25(30)31)27(22-15-32-23-12-8-7-11-19(22)23)24(29)20(26-17(3)28)14-18-9-5-4-6-10-18/h4-12,16,20-22H,13-15H2,1-3H3,(H,26,28)(H,30,31)/t20?,21-,22+/m0/s1. The monoisotopic (exact) mass is 438 g/mol. The number of benzene rings is 2. The number of nitrogens with zero attached hydrogens (tertiary/aromatic N) is 1. The number of carbonyl (C=O) groups is 3. The van der Waals surface area contributed by atoms with Crippen LogP contribution in [0.3, 0.4) is 0 Å². The SMILES string of the molecule is CC(=O)NC(Cc1ccccc1)C(=O)N([C@@H]1COc2ccccc21)[C@@H](CC(C)C)C(=O)O. The number of hydrogen-bond donors (Lipinski definition) is 2. The minimum absolute atomic E-state index is 0.0531. The number of para-hydroxylation sites is 1. The van der Waals surface area contributed by atoms with Gasteiger partial charge < -0.3 is 20.1 Å². The summed E-state index contributed by atoms with van der Waals surface area (Å²) in [5.41, 5.74) is 1.65. The lowest BCUT2D eigenvalue weighted by Gasteiger charge is -2.37. The molecule has 170 valence electrons. The molecule has 0 aromatic heterocycles. The van der Waals surface area contributed by atoms with Gasteiger partial charge in [0.1, 0.15) is 24.4 Å². The summed E-state index contributed by atoms with van der Waals surface area (Å²) in [4.78, 5) is 39.6. The summed E-state index contributed by atoms with van der Waals surface area (Å²) in [5, 5.41) is 12.8. The summed E-state index contributed by atoms with van der Waals surface area (Å²) < 4.78 is 5.78. The third-order valence-corrected chi connectivity index (χ3v) is 5.54. The third kappa shape index (κ3) is 5.46. The first-order chi connectivity index (χ1) is 15.3. The minimum Gasteiger partial charge on any atom is -0.491 e. The number of ether oxygens (including phenoxy) is 1. The fourth-order valence-electron chi connectivity index (χ4n) is 4.16. The minimum atomic E-state index is -1.07. The van der Waals surface area contributed by atoms with Gasteiger partial charge in [0.2, 0.25) is 11.8 Å². The maximum Gasteiger partial charge on any atom is 0.326 e. The normalized spacial score (nSPS) is 16.6. The van der Waals surface area contributed by atoms with Crippen molar-refractivity contribution in [2.75, 3.05) is 6.61 Å². The van der Waals surface area contributed by atoms with Crippen LogP contribution in [0.2, 0.25) is 0 Å². The predicted molar refractivity (Wildman–Crippen MR) is 120 cm³/mol. The molecule has 2 N–H and O–H groups in total. The quantitative estimate of drug-likeness (QED) is 0.627. The summed E-state index contributed by atoms with van der Waals surface area (Å²) in [7, 11) is 0. The molecule has 0 saturated carbocycles. The van der Waals surface area contributed by atoms with Gasteiger partial charge in [-0.25, -0.2) is 4.79 Å². The number of carbonyl (C=O) groups excluding carboxylic acids is 2. The highest BCUT2D eigenvalue weighted by Gasteiger charge is 2.42. The molecule has 3 rings (SSSR count). The molecular weight excluding hydrogens is 408 g/mol. The number of aliphatic carboxylic acids is 1. The lowest BCUT2D eigenvalue weighted by atomic mass is 9.96. The van der Waals surface area contributed by atoms with E-state index in [0.717, 1.165) is 11.1 Å². The van der Waals surface area contributed by atoms with Crippen molar-refractivity contribution in [1.29, 1.82) is 0 Å². The Bertz CT molecular complexity index is 960. The van der Waals surface area contributed by atoms with E-state index < -0.39 is 30.0 Å². The van der Waals surface area contributed by atoms with Crippen LogP contribution in [-0.4, -0.2) is 46.5 Å². The van der Waals surface area contributed by atoms with Gasteiger partial charge in [-0.05, 0) is 24.0 Å². The Morgan fingerprint density at radius 1 is 1.09 bits per heavy atom. The van der Waals surface area contributed by atoms with E-state index in [0.29, 0.717) is 5.75 Å². The highest BCUT2D eigenvalue weighted by Crippen LogP contribution is 2.38. The third-order valence-electron chi connectivity index (χ3n) is 5.54. The van der Waals surface area contributed by atoms with E-state index in [9.17, 15) is 19.5 Å². The van der Waals surface area contributed by atoms with Crippen molar-refractivity contribution in [3.05, 3.63) is 65.7 Å². The number of fused-ring (bicyclic) bond motifs is 1. The molecule has 3 atom stereocenters. The zero-order chi connectivity index (χ0) is 23.3. The number of carboxylic acid groups (broad SMARTS) is 1. The van der Waals surface area contributed by atoms with Crippen LogP contribution in [0.4, 0.5) is 0 Å². The van der Waals surface area contributed by atoms with Gasteiger partial charge in [-0.3, -0.25) is 9.59 Å². The molecule has 2 aromatic rings. The molecule has 32 heavy (non-hydrogen) atoms. The Labute approximate surface area is 188 Å². The van der Waals surface area contributed by atoms with Crippen LogP contribution in [-0.2, 0) is 20.8 Å². The average Bonchev–Trinajstić information content (AvgIpc) is 3.16. The molecule has 1 aliphatic heterocycles. The molecular formula is C25H30N2O5. The van der Waals surface area contributed by atoms with Crippen molar-refractivity contribution >= 4 is 17.8 Å². The van der Waals surface area contributed by atoms with E-state index in [1.165, 1.54) is 11.8 Å². The van der Waals surface area contributed by atoms with E-state index in [1.807, 2.05) is 68.4 Å². The zero-order valence-electron chi connectivity index (χ0n) is 18.7. The van der Waals surface area contributed by atoms with E-state index in [4.69, 9.17) is 4.74 Å². The van der Waals surface area contributed by atoms with Crippen LogP contribution in [0.25, 0.3) is 0 Å². The topological polar surface area (TPSA) is 95.9 Å². The van der Waals surface area contributed by atoms with Crippen LogP contribution < -0.4 is 10.1 Å². The Balaban J connectivity index is 2.02. The predicted octanol–water partition coefficient (Wildman–Crippen LogP) is 3.20. The van der Waals surface area contributed by atoms with Gasteiger partial charge in [-0.2, -0.15) is 0 Å². The maximum atomic E-state index is 13.9. The van der Waals surface area contributed by atoms with E-state index in [2.05, 4.69) is 5.32 Å². The summed E-state index contributed by atoms with van der Waals surface area (Å²) in [6, 6.07) is 14.2. The first-order valence-electron chi connectivity index (χ1n) is 10.9. The highest BCUT2D eigenvalue weighted by molar-refractivity contribution is 5.90. The van der Waals surface area contributed by atoms with Crippen LogP contribution in [0, 0.1) is 5.92 Å². The first-order valence-corrected chi connectivity index (χ1v) is 10.9. The molecule has 0 fully saturated rings. The number of carboxylic acids is 1. The molecule has 7 nitrogen and oxygen atoms in total. The van der Waals surface area contributed by atoms with Crippen molar-refractivity contribution in [2.45, 2.75) is 51.7 Å². The molecule has 7 heteroatoms. The van der Waals surface area contributed by atoms with Gasteiger partial charge in [0, 0.05) is 18.9 Å². The molecule has 1 heterocycles. The van der Waals surface area contributed by atoms with Gasteiger partial charge >= 0.3 is 5.97 Å². The largest absolute Gasteiger partial charge is 0.491 e. The second kappa shape index (κ2) is 10.3. The smallest absolute Gasteiger partial charge is 0.326 e. The van der Waals surface area contributed by atoms with Crippen molar-refractivity contribution in [1.82, 2.24) is 10.2 Å². The molecule has 0 spiro atoms. The van der Waals surface area contributed by atoms with E-state index in [1.54, 1.807) is 0 Å². The Morgan fingerprint density at radius 2 is 1.75 bits per heavy atom. The van der Waals surface area contributed by atoms with Crippen molar-refractivity contribution in [3.8, 4) is 5.75 Å². The summed E-state index contributed by atoms with van der Waals surface area (Å²) in [6.07, 6.45) is 0.552. The molecule has 0 aliphatic carbocycles. The maximum absolute atomic E-state index is 13.9. The van der Waals surface area contributed by atoms with Gasteiger partial charge in [0.25, 0.3) is 0 Å². The van der Waals surface area contributed by atoms with Gasteiger partial charge in [-0.1, -0.05) is 62.4 Å². The van der Waals surface area contributed by atoms with Crippen molar-refractivity contribution in [2.24, 2.45) is 5.92 Å². The second-order valence-corrected chi connectivity index (χ2v) is 8.54. The fraction of sp³-hybridized carbons (Fsp3) is 0.400. The Hall–Kier alpha value is -3.35. The molecule has 1 aliphatic rings. The lowest BCUT2D eigenvalue weighted by Crippen LogP contribution is -2.56. The van der Waals surface area contributed by atoms with Crippen LogP contribution >= 0.6 is 0 Å². The molecule has 1 unspecified atom stereocenters. The Kier molecular flexibility index (Phi) is 7.51. The molecule has 0 radical (unpaired) electrons. The highest BCUT2D eigenvalue weighted by atomic mass is 16.5. The average molecular weight is 439 g/mol. The Morgan fingerprint density at radius 3 is 2.38 bits per heavy atom. The molecule has 2 amide bonds. The van der Waals surface area contributed by atoms with Crippen molar-refractivity contribution < 1.29 is 24.2 Å². The molecule has 2 aromatic carbocycles. The van der Waals surface area contributed by atoms with Crippen LogP contribution in [0.5, 0.6) is 5.75 Å². The summed E-state index contributed by atoms with van der Waals surface area (Å²) in [5.74, 6) is -1.15. The lowest BCUT2D eigenvalue weighted by molar-refractivity contribution is -0.155. The first kappa shape index (κ1) is 23.3. The number of nitrogens with one attached hydrogen (secondary N) is 1. The van der Waals surface area contributed by atoms with Crippen LogP contribution in [0.1, 0.15) is 44.4 Å². The van der Waals surface area contributed by atoms with Gasteiger partial charge in [0.15, 0.2) is 0 Å². The summed E-state index contributed by atoms with van der Waals surface area (Å²) in [6.45, 7) is 5.37. The number of rotatable bonds is 9. The molecule has 0 bridgehead atoms. The van der Waals surface area contributed by atoms with E-state index in [-0.39, 0.29) is 31.3 Å². The number of amides is 2. The number of hydrogen-bond acceptors (Lipinski definition) is 4. The molecule has 0 saturated heterocycles. The zero-order valence-corrected chi connectivity index (χ0v) is 18.7. The van der Waals surface area contributed by atoms with Gasteiger partial charge in [-0.15, -0.1) is 0 Å². The van der Waals surface area contributed by atoms with Crippen LogP contribution in [0.15, 0.2) is 54.6 Å². The van der Waals surface area contributed by atoms with Gasteiger partial charge in [0.05, 0.1) is 6.04 Å². The summed E-state index contributed by atoms with van der Waals surface area (Å²) >= 11 is 0. The fourth-order valence-corrected chi connectivity index (χ4v) is 4.16. The van der Waals surface area contributed by atoms with E-state index >= 15 is 0 Å². The second-order valence-electron chi connectivity index (χ2n) is 8.54. The van der Waals surface area contributed by atoms with Crippen molar-refractivity contribution in [3.63, 3.8) is 0 Å².